The molecule has 1 aromatic carbocycles. The SMILES string of the molecule is Cn1cc(NS(=O)(=O)c2ccc(F)c(CO)c2)cn1. The van der Waals surface area contributed by atoms with Gasteiger partial charge in [-0.25, -0.2) is 12.8 Å². The second-order valence-electron chi connectivity index (χ2n) is 3.92. The number of aryl methyl sites for hydroxylation is 1. The highest BCUT2D eigenvalue weighted by atomic mass is 32.2. The van der Waals surface area contributed by atoms with Crippen molar-refractivity contribution in [1.29, 1.82) is 0 Å². The number of hydrogen-bond acceptors (Lipinski definition) is 4. The Kier molecular flexibility index (Phi) is 3.54. The summed E-state index contributed by atoms with van der Waals surface area (Å²) in [6.45, 7) is -0.567. The second-order valence-corrected chi connectivity index (χ2v) is 5.60. The highest BCUT2D eigenvalue weighted by Crippen LogP contribution is 2.18. The molecule has 0 saturated carbocycles. The van der Waals surface area contributed by atoms with Crippen molar-refractivity contribution in [1.82, 2.24) is 9.78 Å². The summed E-state index contributed by atoms with van der Waals surface area (Å²) in [5.74, 6) is -0.650. The van der Waals surface area contributed by atoms with Crippen LogP contribution in [-0.2, 0) is 23.7 Å². The molecule has 19 heavy (non-hydrogen) atoms. The van der Waals surface area contributed by atoms with Gasteiger partial charge in [-0.05, 0) is 18.2 Å². The van der Waals surface area contributed by atoms with Gasteiger partial charge in [0.1, 0.15) is 5.82 Å². The average molecular weight is 285 g/mol. The maximum atomic E-state index is 13.2. The zero-order valence-corrected chi connectivity index (χ0v) is 10.9. The molecule has 0 atom stereocenters. The number of anilines is 1. The fourth-order valence-corrected chi connectivity index (χ4v) is 2.61. The third-order valence-corrected chi connectivity index (χ3v) is 3.83. The number of aliphatic hydroxyl groups is 1. The van der Waals surface area contributed by atoms with E-state index in [1.54, 1.807) is 7.05 Å². The number of benzene rings is 1. The summed E-state index contributed by atoms with van der Waals surface area (Å²) in [6, 6.07) is 3.23. The van der Waals surface area contributed by atoms with Crippen LogP contribution in [0, 0.1) is 5.82 Å². The quantitative estimate of drug-likeness (QED) is 0.872. The number of hydrogen-bond donors (Lipinski definition) is 2. The van der Waals surface area contributed by atoms with Crippen LogP contribution in [0.2, 0.25) is 0 Å². The van der Waals surface area contributed by atoms with E-state index in [0.29, 0.717) is 5.69 Å². The van der Waals surface area contributed by atoms with Crippen LogP contribution < -0.4 is 4.72 Å². The standard InChI is InChI=1S/C11H12FN3O3S/c1-15-6-9(5-13-15)14-19(17,18)10-2-3-11(12)8(4-10)7-16/h2-6,14,16H,7H2,1H3. The minimum atomic E-state index is -3.83. The maximum absolute atomic E-state index is 13.2. The number of nitrogens with one attached hydrogen (secondary N) is 1. The van der Waals surface area contributed by atoms with Gasteiger partial charge < -0.3 is 5.11 Å². The molecule has 102 valence electrons. The van der Waals surface area contributed by atoms with Crippen molar-refractivity contribution in [2.45, 2.75) is 11.5 Å². The van der Waals surface area contributed by atoms with Crippen molar-refractivity contribution in [3.8, 4) is 0 Å². The molecule has 0 radical (unpaired) electrons. The van der Waals surface area contributed by atoms with Crippen molar-refractivity contribution in [2.75, 3.05) is 4.72 Å². The smallest absolute Gasteiger partial charge is 0.262 e. The highest BCUT2D eigenvalue weighted by molar-refractivity contribution is 7.92. The fourth-order valence-electron chi connectivity index (χ4n) is 1.53. The molecule has 2 N–H and O–H groups in total. The van der Waals surface area contributed by atoms with Crippen LogP contribution >= 0.6 is 0 Å². The van der Waals surface area contributed by atoms with Gasteiger partial charge in [0.25, 0.3) is 10.0 Å². The number of nitrogens with zero attached hydrogens (tertiary/aromatic N) is 2. The lowest BCUT2D eigenvalue weighted by atomic mass is 10.2. The molecule has 1 aromatic heterocycles. The number of aromatic nitrogens is 2. The second kappa shape index (κ2) is 4.98. The van der Waals surface area contributed by atoms with Crippen LogP contribution in [0.15, 0.2) is 35.5 Å². The van der Waals surface area contributed by atoms with E-state index in [-0.39, 0.29) is 10.5 Å². The Balaban J connectivity index is 2.34. The van der Waals surface area contributed by atoms with E-state index in [0.717, 1.165) is 18.2 Å². The van der Waals surface area contributed by atoms with E-state index in [1.165, 1.54) is 17.1 Å². The predicted octanol–water partition coefficient (Wildman–Crippen LogP) is 0.852. The molecule has 8 heteroatoms. The van der Waals surface area contributed by atoms with Gasteiger partial charge in [0.15, 0.2) is 0 Å². The molecule has 0 fully saturated rings. The number of sulfonamides is 1. The van der Waals surface area contributed by atoms with Crippen LogP contribution in [0.1, 0.15) is 5.56 Å². The molecule has 0 aliphatic heterocycles. The Hall–Kier alpha value is -1.93. The highest BCUT2D eigenvalue weighted by Gasteiger charge is 2.16. The van der Waals surface area contributed by atoms with Crippen molar-refractivity contribution < 1.29 is 17.9 Å². The lowest BCUT2D eigenvalue weighted by molar-refractivity contribution is 0.275. The summed E-state index contributed by atoms with van der Waals surface area (Å²) in [6.07, 6.45) is 2.85. The molecule has 0 bridgehead atoms. The lowest BCUT2D eigenvalue weighted by Gasteiger charge is -2.07. The van der Waals surface area contributed by atoms with Crippen LogP contribution in [0.4, 0.5) is 10.1 Å². The van der Waals surface area contributed by atoms with Crippen molar-refractivity contribution in [3.05, 3.63) is 42.0 Å². The molecule has 0 saturated heterocycles. The van der Waals surface area contributed by atoms with Crippen molar-refractivity contribution in [3.63, 3.8) is 0 Å². The zero-order valence-electron chi connectivity index (χ0n) is 10.0. The predicted molar refractivity (Wildman–Crippen MR) is 66.3 cm³/mol. The number of halogens is 1. The average Bonchev–Trinajstić information content (AvgIpc) is 2.74. The van der Waals surface area contributed by atoms with Gasteiger partial charge in [0, 0.05) is 18.8 Å². The Labute approximate surface area is 109 Å². The molecule has 1 heterocycles. The summed E-state index contributed by atoms with van der Waals surface area (Å²) in [7, 11) is -2.18. The van der Waals surface area contributed by atoms with Gasteiger partial charge >= 0.3 is 0 Å². The molecule has 0 spiro atoms. The third kappa shape index (κ3) is 2.91. The van der Waals surface area contributed by atoms with Gasteiger partial charge in [-0.15, -0.1) is 0 Å². The summed E-state index contributed by atoms with van der Waals surface area (Å²) < 4.78 is 41.0. The normalized spacial score (nSPS) is 11.5. The maximum Gasteiger partial charge on any atom is 0.262 e. The van der Waals surface area contributed by atoms with E-state index in [9.17, 15) is 12.8 Å². The zero-order chi connectivity index (χ0) is 14.0. The minimum absolute atomic E-state index is 0.0749. The number of rotatable bonds is 4. The molecular formula is C11H12FN3O3S. The topological polar surface area (TPSA) is 84.2 Å². The molecular weight excluding hydrogens is 273 g/mol. The van der Waals surface area contributed by atoms with Crippen LogP contribution in [-0.4, -0.2) is 23.3 Å². The monoisotopic (exact) mass is 285 g/mol. The number of aliphatic hydroxyl groups excluding tert-OH is 1. The first-order valence-corrected chi connectivity index (χ1v) is 6.81. The van der Waals surface area contributed by atoms with Crippen molar-refractivity contribution >= 4 is 15.7 Å². The van der Waals surface area contributed by atoms with Gasteiger partial charge in [0.05, 0.1) is 23.4 Å². The Bertz CT molecular complexity index is 697. The minimum Gasteiger partial charge on any atom is -0.392 e. The van der Waals surface area contributed by atoms with E-state index in [4.69, 9.17) is 5.11 Å². The van der Waals surface area contributed by atoms with Crippen LogP contribution in [0.5, 0.6) is 0 Å². The first-order chi connectivity index (χ1) is 8.92. The molecule has 2 rings (SSSR count). The summed E-state index contributed by atoms with van der Waals surface area (Å²) in [5.41, 5.74) is 0.228. The van der Waals surface area contributed by atoms with Crippen LogP contribution in [0.25, 0.3) is 0 Å². The lowest BCUT2D eigenvalue weighted by Crippen LogP contribution is -2.13. The summed E-state index contributed by atoms with van der Waals surface area (Å²) >= 11 is 0. The summed E-state index contributed by atoms with van der Waals surface area (Å²) in [5, 5.41) is 12.8. The van der Waals surface area contributed by atoms with E-state index < -0.39 is 22.4 Å². The molecule has 0 amide bonds. The molecule has 0 unspecified atom stereocenters. The first-order valence-electron chi connectivity index (χ1n) is 5.33. The van der Waals surface area contributed by atoms with Crippen LogP contribution in [0.3, 0.4) is 0 Å². The Morgan fingerprint density at radius 2 is 2.21 bits per heavy atom. The van der Waals surface area contributed by atoms with Gasteiger partial charge in [-0.2, -0.15) is 5.10 Å². The third-order valence-electron chi connectivity index (χ3n) is 2.45. The van der Waals surface area contributed by atoms with Gasteiger partial charge in [0.2, 0.25) is 0 Å². The Morgan fingerprint density at radius 1 is 1.47 bits per heavy atom. The van der Waals surface area contributed by atoms with Crippen molar-refractivity contribution in [2.24, 2.45) is 7.05 Å². The van der Waals surface area contributed by atoms with E-state index in [2.05, 4.69) is 9.82 Å². The molecule has 0 aliphatic rings. The van der Waals surface area contributed by atoms with E-state index >= 15 is 0 Å². The molecule has 0 aliphatic carbocycles. The van der Waals surface area contributed by atoms with E-state index in [1.807, 2.05) is 0 Å². The first kappa shape index (κ1) is 13.5. The summed E-state index contributed by atoms with van der Waals surface area (Å²) in [4.78, 5) is -0.123. The van der Waals surface area contributed by atoms with Gasteiger partial charge in [-0.3, -0.25) is 9.40 Å². The molecule has 2 aromatic rings. The molecule has 6 nitrogen and oxygen atoms in total. The largest absolute Gasteiger partial charge is 0.392 e. The fraction of sp³-hybridized carbons (Fsp3) is 0.182. The van der Waals surface area contributed by atoms with Gasteiger partial charge in [-0.1, -0.05) is 0 Å². The Morgan fingerprint density at radius 3 is 2.79 bits per heavy atom.